The van der Waals surface area contributed by atoms with Crippen molar-refractivity contribution in [2.75, 3.05) is 0 Å². The Hall–Kier alpha value is 1.28. The smallest absolute Gasteiger partial charge is 0.289 e. The Morgan fingerprint density at radius 1 is 2.00 bits per heavy atom. The van der Waals surface area contributed by atoms with Crippen LogP contribution in [0.3, 0.4) is 0 Å². The molecule has 1 nitrogen and oxygen atoms in total. The van der Waals surface area contributed by atoms with Crippen LogP contribution < -0.4 is 0 Å². The van der Waals surface area contributed by atoms with Gasteiger partial charge in [0.1, 0.15) is 0 Å². The summed E-state index contributed by atoms with van der Waals surface area (Å²) in [6, 6.07) is 0. The van der Waals surface area contributed by atoms with E-state index in [-0.39, 0.29) is 0 Å². The van der Waals surface area contributed by atoms with E-state index in [9.17, 15) is 4.57 Å². The van der Waals surface area contributed by atoms with Crippen molar-refractivity contribution in [2.24, 2.45) is 0 Å². The van der Waals surface area contributed by atoms with E-state index in [1.807, 2.05) is 0 Å². The van der Waals surface area contributed by atoms with Crippen molar-refractivity contribution < 1.29 is 4.57 Å². The largest absolute Gasteiger partial charge is 0.431 e. The van der Waals surface area contributed by atoms with Gasteiger partial charge in [-0.3, -0.25) is 0 Å². The van der Waals surface area contributed by atoms with Gasteiger partial charge in [-0.1, -0.05) is 4.57 Å². The normalized spacial score (nSPS) is 11.2. The lowest BCUT2D eigenvalue weighted by Crippen LogP contribution is -1.19. The van der Waals surface area contributed by atoms with Crippen molar-refractivity contribution >= 4 is 43.1 Å². The summed E-state index contributed by atoms with van der Waals surface area (Å²) in [5.41, 5.74) is 0. The number of halogens is 1. The molecule has 0 amide bonds. The summed E-state index contributed by atoms with van der Waals surface area (Å²) in [5, 5.41) is 0. The zero-order valence-corrected chi connectivity index (χ0v) is 6.16. The lowest BCUT2D eigenvalue weighted by molar-refractivity contribution is 0.604. The highest BCUT2D eigenvalue weighted by atomic mass is 79.9. The first-order chi connectivity index (χ1) is 2.27. The van der Waals surface area contributed by atoms with Crippen molar-refractivity contribution in [3.05, 3.63) is 0 Å². The van der Waals surface area contributed by atoms with Gasteiger partial charge < -0.3 is 12.2 Å². The van der Waals surface area contributed by atoms with Gasteiger partial charge in [0, 0.05) is 14.8 Å². The van der Waals surface area contributed by atoms with Gasteiger partial charge in [0.25, 0.3) is 6.20 Å². The summed E-state index contributed by atoms with van der Waals surface area (Å²) in [6.45, 7) is 0. The predicted molar refractivity (Wildman–Crippen MR) is 31.5 cm³/mol. The summed E-state index contributed by atoms with van der Waals surface area (Å²) in [6.07, 6.45) is -1.43. The Morgan fingerprint density at radius 2 is 2.20 bits per heavy atom. The molecule has 0 aliphatic carbocycles. The Morgan fingerprint density at radius 3 is 2.20 bits per heavy atom. The zero-order valence-electron chi connectivity index (χ0n) is 2.05. The topological polar surface area (TPSA) is 17.1 Å². The molecule has 0 aromatic rings. The van der Waals surface area contributed by atoms with E-state index in [0.717, 1.165) is 9.82 Å². The van der Waals surface area contributed by atoms with E-state index in [0.29, 0.717) is 0 Å². The van der Waals surface area contributed by atoms with E-state index in [4.69, 9.17) is 0 Å². The van der Waals surface area contributed by atoms with E-state index in [1.165, 1.54) is 0 Å². The fourth-order valence-corrected chi connectivity index (χ4v) is 0. The fraction of sp³-hybridized carbons (Fsp3) is 0. The Kier molecular flexibility index (Phi) is 4.36. The SMILES string of the molecule is O=[P+]([S-])SBr. The summed E-state index contributed by atoms with van der Waals surface area (Å²) in [5.74, 6) is 0. The van der Waals surface area contributed by atoms with Crippen molar-refractivity contribution in [1.82, 2.24) is 0 Å². The van der Waals surface area contributed by atoms with Crippen LogP contribution in [-0.4, -0.2) is 0 Å². The van der Waals surface area contributed by atoms with Crippen LogP contribution in [0.25, 0.3) is 0 Å². The lowest BCUT2D eigenvalue weighted by Gasteiger charge is -1.65. The van der Waals surface area contributed by atoms with Crippen LogP contribution in [0.5, 0.6) is 0 Å². The molecular weight excluding hydrogens is 191 g/mol. The molecule has 30 valence electrons. The van der Waals surface area contributed by atoms with Crippen molar-refractivity contribution in [1.29, 1.82) is 0 Å². The number of rotatable bonds is 1. The average molecular weight is 191 g/mol. The minimum atomic E-state index is -1.43. The van der Waals surface area contributed by atoms with Crippen LogP contribution in [0, 0.1) is 0 Å². The van der Waals surface area contributed by atoms with Gasteiger partial charge in [-0.2, -0.15) is 0 Å². The summed E-state index contributed by atoms with van der Waals surface area (Å²) in [4.78, 5) is 0. The van der Waals surface area contributed by atoms with Gasteiger partial charge in [0.2, 0.25) is 0 Å². The molecule has 0 heterocycles. The van der Waals surface area contributed by atoms with E-state index in [2.05, 4.69) is 27.1 Å². The molecule has 0 aliphatic heterocycles. The molecular formula is BrOPS2. The quantitative estimate of drug-likeness (QED) is 0.467. The molecule has 0 saturated carbocycles. The molecule has 0 spiro atoms. The highest BCUT2D eigenvalue weighted by molar-refractivity contribution is 9.58. The third-order valence-corrected chi connectivity index (χ3v) is 5.27. The van der Waals surface area contributed by atoms with Crippen LogP contribution in [0.2, 0.25) is 0 Å². The standard InChI is InChI=1S/BrOPS2/c1-5-3(2)4. The third kappa shape index (κ3) is 5.28. The van der Waals surface area contributed by atoms with Crippen molar-refractivity contribution in [3.63, 3.8) is 0 Å². The van der Waals surface area contributed by atoms with Gasteiger partial charge in [-0.25, -0.2) is 0 Å². The van der Waals surface area contributed by atoms with Gasteiger partial charge in [-0.05, 0) is 0 Å². The first-order valence-corrected chi connectivity index (χ1v) is 6.24. The van der Waals surface area contributed by atoms with Crippen LogP contribution in [0.1, 0.15) is 0 Å². The molecule has 0 radical (unpaired) electrons. The molecule has 0 aromatic carbocycles. The van der Waals surface area contributed by atoms with Crippen LogP contribution in [0.15, 0.2) is 0 Å². The molecule has 5 heavy (non-hydrogen) atoms. The third-order valence-electron chi connectivity index (χ3n) is 0.0563. The number of hydrogen-bond acceptors (Lipinski definition) is 3. The second kappa shape index (κ2) is 3.47. The summed E-state index contributed by atoms with van der Waals surface area (Å²) in [7, 11) is 1.02. The second-order valence-electron chi connectivity index (χ2n) is 0.293. The maximum Gasteiger partial charge on any atom is 0.289 e. The lowest BCUT2D eigenvalue weighted by atomic mass is 16.0. The van der Waals surface area contributed by atoms with Crippen LogP contribution in [-0.2, 0) is 16.8 Å². The van der Waals surface area contributed by atoms with Crippen molar-refractivity contribution in [3.8, 4) is 0 Å². The monoisotopic (exact) mass is 190 g/mol. The first kappa shape index (κ1) is 6.28. The first-order valence-electron chi connectivity index (χ1n) is 0.702. The van der Waals surface area contributed by atoms with Gasteiger partial charge in [0.15, 0.2) is 9.82 Å². The molecule has 5 heteroatoms. The Bertz CT molecular complexity index is 44.9. The van der Waals surface area contributed by atoms with Crippen LogP contribution >= 0.6 is 30.8 Å². The van der Waals surface area contributed by atoms with Gasteiger partial charge in [0.05, 0.1) is 0 Å². The molecule has 0 aliphatic rings. The maximum absolute atomic E-state index is 9.69. The fourth-order valence-electron chi connectivity index (χ4n) is 0. The minimum Gasteiger partial charge on any atom is -0.431 e. The molecule has 0 fully saturated rings. The predicted octanol–water partition coefficient (Wildman–Crippen LogP) is 2.23. The second-order valence-corrected chi connectivity index (χ2v) is 6.58. The van der Waals surface area contributed by atoms with Crippen molar-refractivity contribution in [2.45, 2.75) is 0 Å². The maximum atomic E-state index is 9.69. The highest BCUT2D eigenvalue weighted by Gasteiger charge is 1.87. The average Bonchev–Trinajstić information content (AvgIpc) is 1.38. The molecule has 0 saturated heterocycles. The number of hydrogen-bond donors (Lipinski definition) is 0. The Labute approximate surface area is 47.8 Å². The summed E-state index contributed by atoms with van der Waals surface area (Å²) >= 11 is 7.05. The van der Waals surface area contributed by atoms with Crippen LogP contribution in [0.4, 0.5) is 0 Å². The Balaban J connectivity index is 2.85. The van der Waals surface area contributed by atoms with E-state index < -0.39 is 6.20 Å². The molecule has 0 bridgehead atoms. The molecule has 0 N–H and O–H groups in total. The van der Waals surface area contributed by atoms with Gasteiger partial charge >= 0.3 is 0 Å². The highest BCUT2D eigenvalue weighted by Crippen LogP contribution is 2.39. The molecule has 1 atom stereocenters. The minimum absolute atomic E-state index is 1.02. The summed E-state index contributed by atoms with van der Waals surface area (Å²) < 4.78 is 9.69. The molecule has 1 unspecified atom stereocenters. The molecule has 0 rings (SSSR count). The van der Waals surface area contributed by atoms with E-state index in [1.54, 1.807) is 0 Å². The molecule has 0 aromatic heterocycles. The van der Waals surface area contributed by atoms with Gasteiger partial charge in [-0.15, -0.1) is 0 Å². The van der Waals surface area contributed by atoms with E-state index >= 15 is 0 Å². The zero-order chi connectivity index (χ0) is 4.28.